The van der Waals surface area contributed by atoms with E-state index >= 15 is 0 Å². The molecule has 2 aliphatic rings. The van der Waals surface area contributed by atoms with Gasteiger partial charge in [-0.2, -0.15) is 9.97 Å². The average Bonchev–Trinajstić information content (AvgIpc) is 3.49. The molecule has 0 saturated carbocycles. The van der Waals surface area contributed by atoms with Crippen LogP contribution in [0.1, 0.15) is 20.8 Å². The third-order valence-electron chi connectivity index (χ3n) is 7.15. The van der Waals surface area contributed by atoms with E-state index in [9.17, 15) is 9.18 Å². The lowest BCUT2D eigenvalue weighted by Gasteiger charge is -2.34. The SMILES string of the molecule is C=CC(=O)N[C@@H]1CN(c2nc(Nc3ccc(N4CCN(C)CC4)cc3)c3ncn(C(C)(C)C)c3n2)C[C@@H]1F. The van der Waals surface area contributed by atoms with E-state index in [0.29, 0.717) is 22.9 Å². The van der Waals surface area contributed by atoms with E-state index < -0.39 is 18.1 Å². The maximum Gasteiger partial charge on any atom is 0.243 e. The number of aromatic nitrogens is 4. The van der Waals surface area contributed by atoms with Crippen molar-refractivity contribution in [1.82, 2.24) is 29.7 Å². The number of benzene rings is 1. The summed E-state index contributed by atoms with van der Waals surface area (Å²) in [7, 11) is 2.15. The maximum absolute atomic E-state index is 14.8. The topological polar surface area (TPSA) is 94.5 Å². The number of hydrogen-bond acceptors (Lipinski definition) is 8. The van der Waals surface area contributed by atoms with Crippen molar-refractivity contribution in [2.75, 3.05) is 61.4 Å². The number of fused-ring (bicyclic) bond motifs is 1. The van der Waals surface area contributed by atoms with Crippen LogP contribution in [0.3, 0.4) is 0 Å². The predicted octanol–water partition coefficient (Wildman–Crippen LogP) is 2.91. The molecule has 2 atom stereocenters. The van der Waals surface area contributed by atoms with Crippen LogP contribution in [0.25, 0.3) is 11.2 Å². The van der Waals surface area contributed by atoms with E-state index in [0.717, 1.165) is 37.9 Å². The van der Waals surface area contributed by atoms with Crippen molar-refractivity contribution in [3.63, 3.8) is 0 Å². The van der Waals surface area contributed by atoms with E-state index in [4.69, 9.17) is 9.97 Å². The summed E-state index contributed by atoms with van der Waals surface area (Å²) in [6.07, 6.45) is 1.67. The number of likely N-dealkylation sites (N-methyl/N-ethyl adjacent to an activating group) is 1. The predicted molar refractivity (Wildman–Crippen MR) is 149 cm³/mol. The van der Waals surface area contributed by atoms with Crippen LogP contribution in [0, 0.1) is 0 Å². The molecule has 0 unspecified atom stereocenters. The minimum absolute atomic E-state index is 0.0798. The van der Waals surface area contributed by atoms with Crippen LogP contribution in [-0.2, 0) is 10.3 Å². The molecule has 2 fully saturated rings. The number of hydrogen-bond donors (Lipinski definition) is 2. The quantitative estimate of drug-likeness (QED) is 0.479. The molecule has 1 aromatic carbocycles. The highest BCUT2D eigenvalue weighted by Gasteiger charge is 2.35. The van der Waals surface area contributed by atoms with Crippen molar-refractivity contribution < 1.29 is 9.18 Å². The summed E-state index contributed by atoms with van der Waals surface area (Å²) >= 11 is 0. The van der Waals surface area contributed by atoms with Gasteiger partial charge in [0, 0.05) is 49.6 Å². The Morgan fingerprint density at radius 2 is 1.79 bits per heavy atom. The first-order valence-electron chi connectivity index (χ1n) is 13.0. The standard InChI is InChI=1S/C27H36FN9O/c1-6-22(38)31-21-16-36(15-20(21)28)26-32-24(23-25(33-26)37(17-29-23)27(2,3)4)30-18-7-9-19(10-8-18)35-13-11-34(5)12-14-35/h6-10,17,20-21H,1,11-16H2,2-5H3,(H,31,38)(H,30,32,33)/t20-,21+/m0/s1. The van der Waals surface area contributed by atoms with Crippen molar-refractivity contribution in [3.05, 3.63) is 43.2 Å². The number of carbonyl (C=O) groups excluding carboxylic acids is 1. The summed E-state index contributed by atoms with van der Waals surface area (Å²) in [5.74, 6) is 0.538. The molecule has 2 saturated heterocycles. The van der Waals surface area contributed by atoms with Crippen LogP contribution in [0.15, 0.2) is 43.2 Å². The number of piperazine rings is 1. The van der Waals surface area contributed by atoms with E-state index in [1.165, 1.54) is 5.69 Å². The third-order valence-corrected chi connectivity index (χ3v) is 7.15. The monoisotopic (exact) mass is 521 g/mol. The second-order valence-corrected chi connectivity index (χ2v) is 11.0. The largest absolute Gasteiger partial charge is 0.369 e. The second kappa shape index (κ2) is 10.2. The molecule has 0 aliphatic carbocycles. The molecule has 1 amide bonds. The van der Waals surface area contributed by atoms with Crippen molar-refractivity contribution in [3.8, 4) is 0 Å². The molecule has 0 bridgehead atoms. The van der Waals surface area contributed by atoms with Crippen LogP contribution in [0.2, 0.25) is 0 Å². The zero-order chi connectivity index (χ0) is 27.0. The van der Waals surface area contributed by atoms with Gasteiger partial charge in [-0.3, -0.25) is 4.79 Å². The molecule has 5 rings (SSSR count). The second-order valence-electron chi connectivity index (χ2n) is 11.0. The molecule has 38 heavy (non-hydrogen) atoms. The van der Waals surface area contributed by atoms with Gasteiger partial charge in [0.15, 0.2) is 17.0 Å². The number of amides is 1. The van der Waals surface area contributed by atoms with Gasteiger partial charge >= 0.3 is 0 Å². The fraction of sp³-hybridized carbons (Fsp3) is 0.481. The third kappa shape index (κ3) is 5.28. The molecule has 10 nitrogen and oxygen atoms in total. The van der Waals surface area contributed by atoms with Crippen LogP contribution < -0.4 is 20.4 Å². The highest BCUT2D eigenvalue weighted by Crippen LogP contribution is 2.31. The molecule has 4 heterocycles. The highest BCUT2D eigenvalue weighted by molar-refractivity contribution is 5.88. The minimum Gasteiger partial charge on any atom is -0.369 e. The molecular formula is C27H36FN9O. The van der Waals surface area contributed by atoms with Crippen LogP contribution in [0.4, 0.5) is 27.5 Å². The zero-order valence-corrected chi connectivity index (χ0v) is 22.5. The van der Waals surface area contributed by atoms with Crippen molar-refractivity contribution >= 4 is 40.2 Å². The molecule has 2 N–H and O–H groups in total. The Labute approximate surface area is 222 Å². The van der Waals surface area contributed by atoms with Crippen LogP contribution >= 0.6 is 0 Å². The van der Waals surface area contributed by atoms with Crippen molar-refractivity contribution in [2.24, 2.45) is 0 Å². The maximum atomic E-state index is 14.8. The van der Waals surface area contributed by atoms with E-state index in [1.54, 1.807) is 11.2 Å². The summed E-state index contributed by atoms with van der Waals surface area (Å²) in [4.78, 5) is 32.5. The van der Waals surface area contributed by atoms with Gasteiger partial charge in [-0.1, -0.05) is 6.58 Å². The van der Waals surface area contributed by atoms with Gasteiger partial charge in [0.25, 0.3) is 0 Å². The van der Waals surface area contributed by atoms with Gasteiger partial charge in [-0.15, -0.1) is 0 Å². The molecule has 3 aromatic rings. The Morgan fingerprint density at radius 1 is 1.08 bits per heavy atom. The summed E-state index contributed by atoms with van der Waals surface area (Å²) in [5, 5.41) is 6.09. The Kier molecular flexibility index (Phi) is 6.95. The molecular weight excluding hydrogens is 485 g/mol. The smallest absolute Gasteiger partial charge is 0.243 e. The Hall–Kier alpha value is -3.73. The average molecular weight is 522 g/mol. The van der Waals surface area contributed by atoms with Crippen LogP contribution in [-0.4, -0.2) is 88.9 Å². The lowest BCUT2D eigenvalue weighted by Crippen LogP contribution is -2.44. The van der Waals surface area contributed by atoms with E-state index in [-0.39, 0.29) is 18.6 Å². The first-order chi connectivity index (χ1) is 18.1. The number of rotatable bonds is 6. The molecule has 0 radical (unpaired) electrons. The number of alkyl halides is 1. The van der Waals surface area contributed by atoms with Gasteiger partial charge < -0.3 is 29.9 Å². The van der Waals surface area contributed by atoms with Crippen LogP contribution in [0.5, 0.6) is 0 Å². The first kappa shape index (κ1) is 25.9. The Balaban J connectivity index is 1.44. The van der Waals surface area contributed by atoms with E-state index in [2.05, 4.69) is 71.9 Å². The first-order valence-corrected chi connectivity index (χ1v) is 13.0. The molecule has 0 spiro atoms. The Morgan fingerprint density at radius 3 is 2.45 bits per heavy atom. The highest BCUT2D eigenvalue weighted by atomic mass is 19.1. The van der Waals surface area contributed by atoms with Crippen molar-refractivity contribution in [2.45, 2.75) is 38.5 Å². The number of nitrogens with zero attached hydrogens (tertiary/aromatic N) is 7. The summed E-state index contributed by atoms with van der Waals surface area (Å²) in [6.45, 7) is 14.1. The van der Waals surface area contributed by atoms with Gasteiger partial charge in [0.1, 0.15) is 6.17 Å². The van der Waals surface area contributed by atoms with Gasteiger partial charge in [-0.25, -0.2) is 9.37 Å². The Bertz CT molecular complexity index is 1310. The van der Waals surface area contributed by atoms with E-state index in [1.807, 2.05) is 16.7 Å². The lowest BCUT2D eigenvalue weighted by molar-refractivity contribution is -0.117. The van der Waals surface area contributed by atoms with Gasteiger partial charge in [-0.05, 0) is 58.2 Å². The van der Waals surface area contributed by atoms with Gasteiger partial charge in [0.05, 0.1) is 18.9 Å². The molecule has 11 heteroatoms. The normalized spacial score (nSPS) is 20.7. The summed E-state index contributed by atoms with van der Waals surface area (Å²) < 4.78 is 16.8. The number of halogens is 1. The number of imidazole rings is 1. The zero-order valence-electron chi connectivity index (χ0n) is 22.5. The van der Waals surface area contributed by atoms with Crippen molar-refractivity contribution in [1.29, 1.82) is 0 Å². The minimum atomic E-state index is -1.25. The van der Waals surface area contributed by atoms with Gasteiger partial charge in [0.2, 0.25) is 11.9 Å². The summed E-state index contributed by atoms with van der Waals surface area (Å²) in [6, 6.07) is 7.64. The lowest BCUT2D eigenvalue weighted by atomic mass is 10.1. The molecule has 2 aliphatic heterocycles. The number of carbonyl (C=O) groups is 1. The molecule has 202 valence electrons. The number of nitrogens with one attached hydrogen (secondary N) is 2. The summed E-state index contributed by atoms with van der Waals surface area (Å²) in [5.41, 5.74) is 3.09. The molecule has 2 aromatic heterocycles. The fourth-order valence-corrected chi connectivity index (χ4v) is 4.87. The fourth-order valence-electron chi connectivity index (χ4n) is 4.87. The number of anilines is 4.